The zero-order valence-corrected chi connectivity index (χ0v) is 8.77. The number of hydrogen-bond acceptors (Lipinski definition) is 5. The molecule has 1 atom stereocenters. The van der Waals surface area contributed by atoms with Gasteiger partial charge in [0.25, 0.3) is 0 Å². The van der Waals surface area contributed by atoms with Crippen LogP contribution in [0.1, 0.15) is 0 Å². The predicted octanol–water partition coefficient (Wildman–Crippen LogP) is 0.556. The van der Waals surface area contributed by atoms with Crippen molar-refractivity contribution in [3.63, 3.8) is 0 Å². The van der Waals surface area contributed by atoms with Gasteiger partial charge in [0.15, 0.2) is 23.0 Å². The Labute approximate surface area is 93.0 Å². The van der Waals surface area contributed by atoms with Gasteiger partial charge in [0.2, 0.25) is 0 Å². The predicted molar refractivity (Wildman–Crippen MR) is 56.4 cm³/mol. The van der Waals surface area contributed by atoms with Crippen molar-refractivity contribution in [2.75, 3.05) is 26.4 Å². The van der Waals surface area contributed by atoms with E-state index in [9.17, 15) is 0 Å². The Balaban J connectivity index is 1.95. The number of hydrogen-bond donors (Lipinski definition) is 1. The zero-order chi connectivity index (χ0) is 11.0. The fourth-order valence-corrected chi connectivity index (χ4v) is 1.77. The van der Waals surface area contributed by atoms with E-state index >= 15 is 0 Å². The van der Waals surface area contributed by atoms with Crippen LogP contribution in [0, 0.1) is 0 Å². The van der Waals surface area contributed by atoms with Crippen LogP contribution < -0.4 is 24.7 Å². The topological polar surface area (TPSA) is 62.9 Å². The second kappa shape index (κ2) is 3.75. The minimum Gasteiger partial charge on any atom is -0.486 e. The molecule has 2 heterocycles. The molecule has 0 aliphatic carbocycles. The van der Waals surface area contributed by atoms with Gasteiger partial charge in [-0.3, -0.25) is 0 Å². The summed E-state index contributed by atoms with van der Waals surface area (Å²) in [6.45, 7) is 2.04. The van der Waals surface area contributed by atoms with Crippen molar-refractivity contribution < 1.29 is 18.9 Å². The zero-order valence-electron chi connectivity index (χ0n) is 8.77. The highest BCUT2D eigenvalue weighted by Crippen LogP contribution is 2.42. The van der Waals surface area contributed by atoms with E-state index in [1.54, 1.807) is 12.1 Å². The number of nitrogens with two attached hydrogens (primary N) is 1. The summed E-state index contributed by atoms with van der Waals surface area (Å²) in [5.41, 5.74) is 5.54. The smallest absolute Gasteiger partial charge is 0.165 e. The van der Waals surface area contributed by atoms with Crippen molar-refractivity contribution >= 4 is 0 Å². The maximum absolute atomic E-state index is 5.66. The molecule has 1 unspecified atom stereocenters. The molecular weight excluding hydrogens is 210 g/mol. The fraction of sp³-hybridized carbons (Fsp3) is 0.455. The summed E-state index contributed by atoms with van der Waals surface area (Å²) in [4.78, 5) is 0. The van der Waals surface area contributed by atoms with E-state index in [1.165, 1.54) is 0 Å². The lowest BCUT2D eigenvalue weighted by Crippen LogP contribution is -2.35. The number of benzene rings is 1. The number of ether oxygens (including phenoxy) is 4. The highest BCUT2D eigenvalue weighted by atomic mass is 16.6. The lowest BCUT2D eigenvalue weighted by molar-refractivity contribution is 0.0936. The Hall–Kier alpha value is -1.62. The summed E-state index contributed by atoms with van der Waals surface area (Å²) in [5.74, 6) is 2.77. The van der Waals surface area contributed by atoms with E-state index in [-0.39, 0.29) is 6.10 Å². The first kappa shape index (κ1) is 9.59. The highest BCUT2D eigenvalue weighted by molar-refractivity contribution is 5.55. The largest absolute Gasteiger partial charge is 0.486 e. The molecule has 0 amide bonds. The summed E-state index contributed by atoms with van der Waals surface area (Å²) in [5, 5.41) is 0. The van der Waals surface area contributed by atoms with Gasteiger partial charge in [-0.1, -0.05) is 0 Å². The number of rotatable bonds is 1. The molecule has 1 aromatic carbocycles. The van der Waals surface area contributed by atoms with Crippen LogP contribution in [-0.2, 0) is 0 Å². The van der Waals surface area contributed by atoms with Crippen LogP contribution in [0.15, 0.2) is 12.1 Å². The summed E-state index contributed by atoms with van der Waals surface area (Å²) in [7, 11) is 0. The maximum atomic E-state index is 5.66. The summed E-state index contributed by atoms with van der Waals surface area (Å²) in [6.07, 6.45) is -0.0879. The Kier molecular flexibility index (Phi) is 2.25. The van der Waals surface area contributed by atoms with Gasteiger partial charge >= 0.3 is 0 Å². The molecule has 2 N–H and O–H groups in total. The third kappa shape index (κ3) is 1.53. The first-order chi connectivity index (χ1) is 7.86. The molecule has 0 saturated heterocycles. The van der Waals surface area contributed by atoms with E-state index in [2.05, 4.69) is 0 Å². The van der Waals surface area contributed by atoms with Crippen LogP contribution in [0.3, 0.4) is 0 Å². The van der Waals surface area contributed by atoms with Crippen molar-refractivity contribution in [3.05, 3.63) is 12.1 Å². The van der Waals surface area contributed by atoms with Crippen molar-refractivity contribution in [1.29, 1.82) is 0 Å². The standard InChI is InChI=1S/C11H13NO4/c12-5-7-6-15-10-3-8-9(4-11(10)16-7)14-2-1-13-8/h3-4,7H,1-2,5-6,12H2. The van der Waals surface area contributed by atoms with Crippen molar-refractivity contribution in [2.45, 2.75) is 6.10 Å². The van der Waals surface area contributed by atoms with Crippen molar-refractivity contribution in [3.8, 4) is 23.0 Å². The molecule has 0 spiro atoms. The molecule has 3 rings (SSSR count). The molecule has 0 radical (unpaired) electrons. The highest BCUT2D eigenvalue weighted by Gasteiger charge is 2.24. The van der Waals surface area contributed by atoms with Crippen LogP contribution in [0.5, 0.6) is 23.0 Å². The van der Waals surface area contributed by atoms with Crippen LogP contribution >= 0.6 is 0 Å². The van der Waals surface area contributed by atoms with Gasteiger partial charge in [0, 0.05) is 18.7 Å². The van der Waals surface area contributed by atoms with Crippen LogP contribution in [0.4, 0.5) is 0 Å². The van der Waals surface area contributed by atoms with Crippen molar-refractivity contribution in [1.82, 2.24) is 0 Å². The quantitative estimate of drug-likeness (QED) is 0.753. The molecule has 86 valence electrons. The molecule has 2 aliphatic heterocycles. The molecule has 0 aromatic heterocycles. The number of fused-ring (bicyclic) bond motifs is 2. The lowest BCUT2D eigenvalue weighted by Gasteiger charge is -2.27. The molecular formula is C11H13NO4. The monoisotopic (exact) mass is 223 g/mol. The van der Waals surface area contributed by atoms with Crippen LogP contribution in [0.2, 0.25) is 0 Å². The Morgan fingerprint density at radius 1 is 1.00 bits per heavy atom. The molecule has 5 nitrogen and oxygen atoms in total. The van der Waals surface area contributed by atoms with Crippen molar-refractivity contribution in [2.24, 2.45) is 5.73 Å². The second-order valence-corrected chi connectivity index (χ2v) is 3.73. The average Bonchev–Trinajstić information content (AvgIpc) is 2.35. The van der Waals surface area contributed by atoms with Crippen LogP contribution in [-0.4, -0.2) is 32.5 Å². The third-order valence-corrected chi connectivity index (χ3v) is 2.59. The van der Waals surface area contributed by atoms with E-state index in [0.717, 1.165) is 0 Å². The third-order valence-electron chi connectivity index (χ3n) is 2.59. The lowest BCUT2D eigenvalue weighted by atomic mass is 10.2. The fourth-order valence-electron chi connectivity index (χ4n) is 1.77. The minimum atomic E-state index is -0.0879. The van der Waals surface area contributed by atoms with Gasteiger partial charge in [-0.05, 0) is 0 Å². The summed E-state index contributed by atoms with van der Waals surface area (Å²) in [6, 6.07) is 3.60. The summed E-state index contributed by atoms with van der Waals surface area (Å²) >= 11 is 0. The van der Waals surface area contributed by atoms with E-state index in [0.29, 0.717) is 49.4 Å². The minimum absolute atomic E-state index is 0.0879. The van der Waals surface area contributed by atoms with E-state index in [4.69, 9.17) is 24.7 Å². The molecule has 5 heteroatoms. The first-order valence-corrected chi connectivity index (χ1v) is 5.30. The molecule has 0 saturated carbocycles. The summed E-state index contributed by atoms with van der Waals surface area (Å²) < 4.78 is 22.1. The van der Waals surface area contributed by atoms with Gasteiger partial charge < -0.3 is 24.7 Å². The molecule has 0 fully saturated rings. The maximum Gasteiger partial charge on any atom is 0.165 e. The first-order valence-electron chi connectivity index (χ1n) is 5.30. The van der Waals surface area contributed by atoms with E-state index < -0.39 is 0 Å². The molecule has 0 bridgehead atoms. The van der Waals surface area contributed by atoms with Gasteiger partial charge in [0.05, 0.1) is 0 Å². The normalized spacial score (nSPS) is 21.7. The molecule has 2 aliphatic rings. The average molecular weight is 223 g/mol. The Bertz CT molecular complexity index is 407. The van der Waals surface area contributed by atoms with Gasteiger partial charge in [0.1, 0.15) is 25.9 Å². The second-order valence-electron chi connectivity index (χ2n) is 3.73. The SMILES string of the molecule is NCC1COc2cc3c(cc2O1)OCCO3. The Morgan fingerprint density at radius 3 is 2.31 bits per heavy atom. The Morgan fingerprint density at radius 2 is 1.62 bits per heavy atom. The molecule has 1 aromatic rings. The van der Waals surface area contributed by atoms with E-state index in [1.807, 2.05) is 0 Å². The van der Waals surface area contributed by atoms with Crippen LogP contribution in [0.25, 0.3) is 0 Å². The molecule has 16 heavy (non-hydrogen) atoms. The van der Waals surface area contributed by atoms with Gasteiger partial charge in [-0.15, -0.1) is 0 Å². The van der Waals surface area contributed by atoms with Gasteiger partial charge in [-0.2, -0.15) is 0 Å². The van der Waals surface area contributed by atoms with Gasteiger partial charge in [-0.25, -0.2) is 0 Å².